The Bertz CT molecular complexity index is 483. The van der Waals surface area contributed by atoms with Crippen molar-refractivity contribution >= 4 is 5.97 Å². The molecule has 0 spiro atoms. The van der Waals surface area contributed by atoms with E-state index in [-0.39, 0.29) is 5.97 Å². The van der Waals surface area contributed by atoms with Gasteiger partial charge < -0.3 is 9.64 Å². The van der Waals surface area contributed by atoms with E-state index in [0.717, 1.165) is 0 Å². The lowest BCUT2D eigenvalue weighted by Gasteiger charge is -2.16. The molecule has 0 aliphatic heterocycles. The molecule has 0 aliphatic carbocycles. The third kappa shape index (κ3) is 5.49. The number of nitrogens with zero attached hydrogens (tertiary/aromatic N) is 2. The minimum Gasteiger partial charge on any atom is -0.466 e. The van der Waals surface area contributed by atoms with Crippen LogP contribution in [0.15, 0.2) is 18.2 Å². The quantitative estimate of drug-likeness (QED) is 0.738. The van der Waals surface area contributed by atoms with E-state index >= 15 is 0 Å². The second-order valence-corrected chi connectivity index (χ2v) is 4.25. The summed E-state index contributed by atoms with van der Waals surface area (Å²) in [7, 11) is 1.83. The van der Waals surface area contributed by atoms with Gasteiger partial charge in [0.05, 0.1) is 24.7 Å². The normalized spacial score (nSPS) is 10.3. The molecule has 0 aliphatic rings. The molecule has 0 fully saturated rings. The Hall–Kier alpha value is -1.93. The number of halogens is 1. The maximum Gasteiger partial charge on any atom is 0.307 e. The second-order valence-electron chi connectivity index (χ2n) is 4.25. The van der Waals surface area contributed by atoms with Gasteiger partial charge in [-0.2, -0.15) is 5.26 Å². The van der Waals surface area contributed by atoms with Crippen LogP contribution in [-0.4, -0.2) is 31.1 Å². The summed E-state index contributed by atoms with van der Waals surface area (Å²) in [6.45, 7) is 3.14. The van der Waals surface area contributed by atoms with Crippen molar-refractivity contribution in [1.29, 1.82) is 5.26 Å². The van der Waals surface area contributed by atoms with Crippen molar-refractivity contribution in [3.8, 4) is 6.07 Å². The molecule has 1 aromatic carbocycles. The first-order chi connectivity index (χ1) is 9.05. The zero-order chi connectivity index (χ0) is 14.3. The van der Waals surface area contributed by atoms with Gasteiger partial charge in [-0.15, -0.1) is 0 Å². The number of esters is 1. The van der Waals surface area contributed by atoms with Gasteiger partial charge in [0.15, 0.2) is 0 Å². The topological polar surface area (TPSA) is 53.3 Å². The number of ether oxygens (including phenoxy) is 1. The van der Waals surface area contributed by atoms with Crippen LogP contribution in [-0.2, 0) is 16.1 Å². The minimum absolute atomic E-state index is 0.244. The van der Waals surface area contributed by atoms with E-state index in [9.17, 15) is 9.18 Å². The molecule has 0 heterocycles. The number of carbonyl (C=O) groups excluding carboxylic acids is 1. The van der Waals surface area contributed by atoms with Crippen LogP contribution < -0.4 is 0 Å². The Balaban J connectivity index is 2.53. The van der Waals surface area contributed by atoms with Crippen LogP contribution in [0.4, 0.5) is 4.39 Å². The predicted octanol–water partition coefficient (Wildman–Crippen LogP) is 2.08. The number of carbonyl (C=O) groups is 1. The molecule has 0 N–H and O–H groups in total. The molecule has 0 atom stereocenters. The Morgan fingerprint density at radius 1 is 1.47 bits per heavy atom. The van der Waals surface area contributed by atoms with E-state index < -0.39 is 5.82 Å². The third-order valence-electron chi connectivity index (χ3n) is 2.54. The van der Waals surface area contributed by atoms with E-state index in [0.29, 0.717) is 37.2 Å². The first-order valence-corrected chi connectivity index (χ1v) is 6.09. The van der Waals surface area contributed by atoms with Crippen molar-refractivity contribution in [2.75, 3.05) is 20.2 Å². The highest BCUT2D eigenvalue weighted by Gasteiger charge is 2.07. The molecule has 1 aromatic rings. The molecule has 102 valence electrons. The van der Waals surface area contributed by atoms with Crippen LogP contribution in [0.25, 0.3) is 0 Å². The van der Waals surface area contributed by atoms with Gasteiger partial charge in [-0.1, -0.05) is 0 Å². The number of nitriles is 1. The zero-order valence-corrected chi connectivity index (χ0v) is 11.1. The van der Waals surface area contributed by atoms with E-state index in [4.69, 9.17) is 10.00 Å². The average Bonchev–Trinajstić information content (AvgIpc) is 2.36. The fourth-order valence-electron chi connectivity index (χ4n) is 1.71. The molecule has 1 rings (SSSR count). The summed E-state index contributed by atoms with van der Waals surface area (Å²) >= 11 is 0. The fraction of sp³-hybridized carbons (Fsp3) is 0.429. The first kappa shape index (κ1) is 15.1. The van der Waals surface area contributed by atoms with Crippen molar-refractivity contribution in [3.63, 3.8) is 0 Å². The molecule has 4 nitrogen and oxygen atoms in total. The molecule has 19 heavy (non-hydrogen) atoms. The van der Waals surface area contributed by atoms with Crippen molar-refractivity contribution < 1.29 is 13.9 Å². The molecular weight excluding hydrogens is 247 g/mol. The van der Waals surface area contributed by atoms with Gasteiger partial charge in [0.1, 0.15) is 5.82 Å². The van der Waals surface area contributed by atoms with Crippen molar-refractivity contribution in [2.45, 2.75) is 19.9 Å². The third-order valence-corrected chi connectivity index (χ3v) is 2.54. The number of hydrogen-bond donors (Lipinski definition) is 0. The van der Waals surface area contributed by atoms with Crippen LogP contribution in [0.5, 0.6) is 0 Å². The van der Waals surface area contributed by atoms with Crippen molar-refractivity contribution in [2.24, 2.45) is 0 Å². The van der Waals surface area contributed by atoms with Gasteiger partial charge in [-0.3, -0.25) is 4.79 Å². The monoisotopic (exact) mass is 264 g/mol. The van der Waals surface area contributed by atoms with Crippen LogP contribution >= 0.6 is 0 Å². The SMILES string of the molecule is CCOC(=O)CCN(C)Cc1cc(F)cc(C#N)c1. The molecule has 0 radical (unpaired) electrons. The molecule has 0 bridgehead atoms. The summed E-state index contributed by atoms with van der Waals surface area (Å²) in [5.74, 6) is -0.667. The number of benzene rings is 1. The molecule has 0 saturated heterocycles. The van der Waals surface area contributed by atoms with E-state index in [1.807, 2.05) is 18.0 Å². The van der Waals surface area contributed by atoms with E-state index in [2.05, 4.69) is 0 Å². The van der Waals surface area contributed by atoms with Gasteiger partial charge in [-0.25, -0.2) is 4.39 Å². The number of rotatable bonds is 6. The lowest BCUT2D eigenvalue weighted by Crippen LogP contribution is -2.22. The Labute approximate surface area is 112 Å². The van der Waals surface area contributed by atoms with Gasteiger partial charge >= 0.3 is 5.97 Å². The summed E-state index contributed by atoms with van der Waals surface area (Å²) in [4.78, 5) is 13.1. The highest BCUT2D eigenvalue weighted by Crippen LogP contribution is 2.10. The second kappa shape index (κ2) is 7.49. The maximum atomic E-state index is 13.2. The fourth-order valence-corrected chi connectivity index (χ4v) is 1.71. The predicted molar refractivity (Wildman–Crippen MR) is 68.7 cm³/mol. The van der Waals surface area contributed by atoms with Crippen LogP contribution in [0.2, 0.25) is 0 Å². The largest absolute Gasteiger partial charge is 0.466 e. The summed E-state index contributed by atoms with van der Waals surface area (Å²) in [6.07, 6.45) is 0.296. The highest BCUT2D eigenvalue weighted by molar-refractivity contribution is 5.69. The molecule has 0 saturated carbocycles. The zero-order valence-electron chi connectivity index (χ0n) is 11.1. The summed E-state index contributed by atoms with van der Waals surface area (Å²) in [6, 6.07) is 6.15. The van der Waals surface area contributed by atoms with E-state index in [1.54, 1.807) is 13.0 Å². The van der Waals surface area contributed by atoms with Gasteiger partial charge in [-0.05, 0) is 37.7 Å². The van der Waals surface area contributed by atoms with Crippen molar-refractivity contribution in [3.05, 3.63) is 35.1 Å². The van der Waals surface area contributed by atoms with Gasteiger partial charge in [0.2, 0.25) is 0 Å². The summed E-state index contributed by atoms with van der Waals surface area (Å²) < 4.78 is 18.1. The lowest BCUT2D eigenvalue weighted by molar-refractivity contribution is -0.143. The van der Waals surface area contributed by atoms with Gasteiger partial charge in [0, 0.05) is 13.1 Å². The highest BCUT2D eigenvalue weighted by atomic mass is 19.1. The molecule has 0 aromatic heterocycles. The van der Waals surface area contributed by atoms with Crippen LogP contribution in [0, 0.1) is 17.1 Å². The molecular formula is C14H17FN2O2. The Kier molecular flexibility index (Phi) is 5.97. The van der Waals surface area contributed by atoms with Gasteiger partial charge in [0.25, 0.3) is 0 Å². The molecule has 0 unspecified atom stereocenters. The van der Waals surface area contributed by atoms with E-state index in [1.165, 1.54) is 12.1 Å². The number of hydrogen-bond acceptors (Lipinski definition) is 4. The maximum absolute atomic E-state index is 13.2. The molecule has 5 heteroatoms. The average molecular weight is 264 g/mol. The summed E-state index contributed by atoms with van der Waals surface area (Å²) in [5, 5.41) is 8.76. The Morgan fingerprint density at radius 3 is 2.84 bits per heavy atom. The molecule has 0 amide bonds. The summed E-state index contributed by atoms with van der Waals surface area (Å²) in [5.41, 5.74) is 1.01. The standard InChI is InChI=1S/C14H17FN2O2/c1-3-19-14(18)4-5-17(2)10-12-6-11(9-16)7-13(15)8-12/h6-8H,3-5,10H2,1-2H3. The minimum atomic E-state index is -0.423. The first-order valence-electron chi connectivity index (χ1n) is 6.09. The lowest BCUT2D eigenvalue weighted by atomic mass is 10.1. The van der Waals surface area contributed by atoms with Crippen LogP contribution in [0.1, 0.15) is 24.5 Å². The Morgan fingerprint density at radius 2 is 2.21 bits per heavy atom. The van der Waals surface area contributed by atoms with Crippen LogP contribution in [0.3, 0.4) is 0 Å². The van der Waals surface area contributed by atoms with Crippen molar-refractivity contribution in [1.82, 2.24) is 4.90 Å². The smallest absolute Gasteiger partial charge is 0.307 e.